The lowest BCUT2D eigenvalue weighted by Crippen LogP contribution is -2.35. The molecule has 9 nitrogen and oxygen atoms in total. The standard InChI is InChI=1S/C24H28FN7O2/c1-15(2)34-19-7-4-17(5-8-19)29-23-20(25)14-27-24(31-23)30-18-6-9-21-16(12-18)13-28-32(21)11-10-22(33)26-3/h4-9,12,14-15,28H,10-11,13H2,1-3H3,(H,26,33)(H2,27,29,30,31). The van der Waals surface area contributed by atoms with Gasteiger partial charge in [-0.25, -0.2) is 14.8 Å². The molecular formula is C24H28FN7O2. The molecule has 0 atom stereocenters. The van der Waals surface area contributed by atoms with Crippen LogP contribution in [0.3, 0.4) is 0 Å². The van der Waals surface area contributed by atoms with Crippen LogP contribution < -0.4 is 31.1 Å². The molecule has 0 saturated heterocycles. The highest BCUT2D eigenvalue weighted by atomic mass is 19.1. The van der Waals surface area contributed by atoms with Gasteiger partial charge in [-0.3, -0.25) is 4.79 Å². The zero-order valence-electron chi connectivity index (χ0n) is 19.4. The fourth-order valence-corrected chi connectivity index (χ4v) is 3.54. The maximum absolute atomic E-state index is 14.3. The summed E-state index contributed by atoms with van der Waals surface area (Å²) in [5.41, 5.74) is 6.83. The largest absolute Gasteiger partial charge is 0.491 e. The van der Waals surface area contributed by atoms with Crippen molar-refractivity contribution in [2.45, 2.75) is 32.9 Å². The van der Waals surface area contributed by atoms with Crippen molar-refractivity contribution in [2.24, 2.45) is 0 Å². The summed E-state index contributed by atoms with van der Waals surface area (Å²) in [7, 11) is 1.63. The summed E-state index contributed by atoms with van der Waals surface area (Å²) >= 11 is 0. The first-order valence-electron chi connectivity index (χ1n) is 11.1. The number of carbonyl (C=O) groups excluding carboxylic acids is 1. The van der Waals surface area contributed by atoms with Gasteiger partial charge in [0.25, 0.3) is 0 Å². The Hall–Kier alpha value is -3.92. The quantitative estimate of drug-likeness (QED) is 0.378. The highest BCUT2D eigenvalue weighted by Gasteiger charge is 2.19. The SMILES string of the molecule is CNC(=O)CCN1NCc2cc(Nc3ncc(F)c(Nc4ccc(OC(C)C)cc4)n3)ccc21. The molecule has 1 amide bonds. The van der Waals surface area contributed by atoms with E-state index in [9.17, 15) is 9.18 Å². The normalized spacial score (nSPS) is 12.4. The molecule has 0 saturated carbocycles. The molecule has 0 spiro atoms. The second-order valence-electron chi connectivity index (χ2n) is 8.08. The van der Waals surface area contributed by atoms with Gasteiger partial charge in [0.2, 0.25) is 11.9 Å². The zero-order chi connectivity index (χ0) is 24.1. The number of ether oxygens (including phenoxy) is 1. The van der Waals surface area contributed by atoms with Gasteiger partial charge in [-0.15, -0.1) is 0 Å². The monoisotopic (exact) mass is 465 g/mol. The molecule has 0 fully saturated rings. The molecule has 4 rings (SSSR count). The van der Waals surface area contributed by atoms with Gasteiger partial charge in [0, 0.05) is 37.9 Å². The third-order valence-electron chi connectivity index (χ3n) is 5.16. The van der Waals surface area contributed by atoms with E-state index < -0.39 is 5.82 Å². The number of rotatable bonds is 9. The van der Waals surface area contributed by atoms with Crippen LogP contribution in [0.25, 0.3) is 0 Å². The average molecular weight is 466 g/mol. The van der Waals surface area contributed by atoms with Crippen molar-refractivity contribution < 1.29 is 13.9 Å². The van der Waals surface area contributed by atoms with Gasteiger partial charge in [0.15, 0.2) is 11.6 Å². The highest BCUT2D eigenvalue weighted by Crippen LogP contribution is 2.29. The number of hydrazine groups is 1. The molecular weight excluding hydrogens is 437 g/mol. The number of fused-ring (bicyclic) bond motifs is 1. The molecule has 0 aliphatic carbocycles. The Morgan fingerprint density at radius 1 is 1.18 bits per heavy atom. The molecule has 2 heterocycles. The number of nitrogens with one attached hydrogen (secondary N) is 4. The van der Waals surface area contributed by atoms with Crippen LogP contribution >= 0.6 is 0 Å². The zero-order valence-corrected chi connectivity index (χ0v) is 19.4. The second kappa shape index (κ2) is 10.3. The topological polar surface area (TPSA) is 103 Å². The van der Waals surface area contributed by atoms with Crippen molar-refractivity contribution in [3.05, 3.63) is 60.0 Å². The lowest BCUT2D eigenvalue weighted by Gasteiger charge is -2.19. The van der Waals surface area contributed by atoms with Crippen molar-refractivity contribution in [2.75, 3.05) is 29.2 Å². The van der Waals surface area contributed by atoms with E-state index in [2.05, 4.69) is 31.3 Å². The van der Waals surface area contributed by atoms with Gasteiger partial charge < -0.3 is 25.7 Å². The highest BCUT2D eigenvalue weighted by molar-refractivity contribution is 5.76. The average Bonchev–Trinajstić information content (AvgIpc) is 3.22. The predicted octanol–water partition coefficient (Wildman–Crippen LogP) is 3.85. The van der Waals surface area contributed by atoms with E-state index in [1.165, 1.54) is 0 Å². The van der Waals surface area contributed by atoms with E-state index in [0.29, 0.717) is 25.2 Å². The number of halogens is 1. The summed E-state index contributed by atoms with van der Waals surface area (Å²) in [4.78, 5) is 19.9. The lowest BCUT2D eigenvalue weighted by atomic mass is 10.1. The molecule has 1 aliphatic rings. The molecule has 10 heteroatoms. The van der Waals surface area contributed by atoms with Gasteiger partial charge in [-0.05, 0) is 61.9 Å². The Kier molecular flexibility index (Phi) is 7.07. The third-order valence-corrected chi connectivity index (χ3v) is 5.16. The molecule has 2 aromatic carbocycles. The van der Waals surface area contributed by atoms with Gasteiger partial charge in [0.1, 0.15) is 5.75 Å². The van der Waals surface area contributed by atoms with Crippen LogP contribution in [0.4, 0.5) is 33.2 Å². The molecule has 34 heavy (non-hydrogen) atoms. The molecule has 1 aliphatic heterocycles. The number of hydrogen-bond donors (Lipinski definition) is 4. The fourth-order valence-electron chi connectivity index (χ4n) is 3.54. The maximum Gasteiger partial charge on any atom is 0.229 e. The number of aromatic nitrogens is 2. The van der Waals surface area contributed by atoms with Crippen molar-refractivity contribution in [3.63, 3.8) is 0 Å². The van der Waals surface area contributed by atoms with Crippen LogP contribution in [0.1, 0.15) is 25.8 Å². The van der Waals surface area contributed by atoms with Crippen LogP contribution in [-0.4, -0.2) is 35.6 Å². The molecule has 0 bridgehead atoms. The minimum atomic E-state index is -0.557. The molecule has 3 aromatic rings. The van der Waals surface area contributed by atoms with Crippen LogP contribution in [0.15, 0.2) is 48.7 Å². The van der Waals surface area contributed by atoms with Crippen LogP contribution in [0.5, 0.6) is 5.75 Å². The van der Waals surface area contributed by atoms with Gasteiger partial charge in [0.05, 0.1) is 18.0 Å². The Balaban J connectivity index is 1.43. The Bertz CT molecular complexity index is 1150. The van der Waals surface area contributed by atoms with Crippen molar-refractivity contribution in [3.8, 4) is 5.75 Å². The molecule has 0 radical (unpaired) electrons. The van der Waals surface area contributed by atoms with Crippen LogP contribution in [0, 0.1) is 5.82 Å². The second-order valence-corrected chi connectivity index (χ2v) is 8.08. The van der Waals surface area contributed by atoms with Gasteiger partial charge in [-0.1, -0.05) is 0 Å². The van der Waals surface area contributed by atoms with Crippen molar-refractivity contribution in [1.29, 1.82) is 0 Å². The maximum atomic E-state index is 14.3. The molecule has 0 unspecified atom stereocenters. The number of benzene rings is 2. The first-order chi connectivity index (χ1) is 16.4. The fraction of sp³-hybridized carbons (Fsp3) is 0.292. The van der Waals surface area contributed by atoms with Crippen LogP contribution in [0.2, 0.25) is 0 Å². The summed E-state index contributed by atoms with van der Waals surface area (Å²) in [6.45, 7) is 5.13. The summed E-state index contributed by atoms with van der Waals surface area (Å²) in [5, 5.41) is 10.7. The van der Waals surface area contributed by atoms with Crippen molar-refractivity contribution >= 4 is 34.7 Å². The molecule has 4 N–H and O–H groups in total. The lowest BCUT2D eigenvalue weighted by molar-refractivity contribution is -0.120. The van der Waals surface area contributed by atoms with E-state index in [1.54, 1.807) is 19.2 Å². The number of amides is 1. The summed E-state index contributed by atoms with van der Waals surface area (Å²) in [5.74, 6) is 0.512. The molecule has 1 aromatic heterocycles. The number of hydrogen-bond acceptors (Lipinski definition) is 8. The number of nitrogens with zero attached hydrogens (tertiary/aromatic N) is 3. The number of anilines is 5. The van der Waals surface area contributed by atoms with E-state index in [0.717, 1.165) is 28.9 Å². The minimum Gasteiger partial charge on any atom is -0.491 e. The smallest absolute Gasteiger partial charge is 0.229 e. The molecule has 178 valence electrons. The predicted molar refractivity (Wildman–Crippen MR) is 130 cm³/mol. The van der Waals surface area contributed by atoms with E-state index >= 15 is 0 Å². The van der Waals surface area contributed by atoms with Crippen LogP contribution in [-0.2, 0) is 11.3 Å². The summed E-state index contributed by atoms with van der Waals surface area (Å²) < 4.78 is 20.0. The Morgan fingerprint density at radius 3 is 2.68 bits per heavy atom. The first kappa shape index (κ1) is 23.2. The van der Waals surface area contributed by atoms with Crippen molar-refractivity contribution in [1.82, 2.24) is 20.7 Å². The van der Waals surface area contributed by atoms with E-state index in [-0.39, 0.29) is 23.8 Å². The van der Waals surface area contributed by atoms with Gasteiger partial charge in [-0.2, -0.15) is 4.98 Å². The Morgan fingerprint density at radius 2 is 1.94 bits per heavy atom. The van der Waals surface area contributed by atoms with E-state index in [4.69, 9.17) is 4.74 Å². The van der Waals surface area contributed by atoms with E-state index in [1.807, 2.05) is 49.2 Å². The first-order valence-corrected chi connectivity index (χ1v) is 11.1. The summed E-state index contributed by atoms with van der Waals surface area (Å²) in [6, 6.07) is 13.1. The van der Waals surface area contributed by atoms with Gasteiger partial charge >= 0.3 is 0 Å². The number of carbonyl (C=O) groups is 1. The minimum absolute atomic E-state index is 0.00811. The Labute approximate surface area is 197 Å². The summed E-state index contributed by atoms with van der Waals surface area (Å²) in [6.07, 6.45) is 1.60. The third kappa shape index (κ3) is 5.70.